The number of ether oxygens (including phenoxy) is 1. The van der Waals surface area contributed by atoms with Crippen molar-refractivity contribution in [3.63, 3.8) is 0 Å². The Kier molecular flexibility index (Phi) is 3.52. The summed E-state index contributed by atoms with van der Waals surface area (Å²) in [6.45, 7) is 2.93. The van der Waals surface area contributed by atoms with Gasteiger partial charge in [-0.2, -0.15) is 0 Å². The molecule has 1 aromatic rings. The minimum atomic E-state index is -1.29. The van der Waals surface area contributed by atoms with Gasteiger partial charge in [-0.05, 0) is 19.9 Å². The topological polar surface area (TPSA) is 59.4 Å². The standard InChI is InChI=1S/C10H12ClNO3/c1-10(2,9(13)14)15-8-5-3-4-7(6-11)12-8/h3-5H,6H2,1-2H3,(H,13,14). The third-order valence-electron chi connectivity index (χ3n) is 1.79. The Morgan fingerprint density at radius 3 is 2.80 bits per heavy atom. The second-order valence-corrected chi connectivity index (χ2v) is 3.79. The van der Waals surface area contributed by atoms with Crippen molar-refractivity contribution in [2.75, 3.05) is 0 Å². The van der Waals surface area contributed by atoms with Gasteiger partial charge in [-0.3, -0.25) is 0 Å². The lowest BCUT2D eigenvalue weighted by molar-refractivity contribution is -0.152. The van der Waals surface area contributed by atoms with E-state index in [0.717, 1.165) is 0 Å². The molecule has 0 atom stereocenters. The van der Waals surface area contributed by atoms with E-state index in [4.69, 9.17) is 21.4 Å². The van der Waals surface area contributed by atoms with Crippen LogP contribution in [0.4, 0.5) is 0 Å². The van der Waals surface area contributed by atoms with E-state index in [1.54, 1.807) is 18.2 Å². The van der Waals surface area contributed by atoms with Crippen molar-refractivity contribution in [1.29, 1.82) is 0 Å². The summed E-state index contributed by atoms with van der Waals surface area (Å²) >= 11 is 5.60. The monoisotopic (exact) mass is 229 g/mol. The average molecular weight is 230 g/mol. The van der Waals surface area contributed by atoms with Gasteiger partial charge in [0, 0.05) is 6.07 Å². The molecule has 0 aliphatic rings. The zero-order valence-corrected chi connectivity index (χ0v) is 9.28. The fourth-order valence-electron chi connectivity index (χ4n) is 0.894. The summed E-state index contributed by atoms with van der Waals surface area (Å²) in [7, 11) is 0. The molecule has 82 valence electrons. The number of aromatic nitrogens is 1. The number of carbonyl (C=O) groups is 1. The molecule has 1 N–H and O–H groups in total. The maximum absolute atomic E-state index is 10.8. The SMILES string of the molecule is CC(C)(Oc1cccc(CCl)n1)C(=O)O. The minimum absolute atomic E-state index is 0.264. The van der Waals surface area contributed by atoms with Crippen LogP contribution in [0.15, 0.2) is 18.2 Å². The number of aliphatic carboxylic acids is 1. The van der Waals surface area contributed by atoms with Crippen LogP contribution in [0.2, 0.25) is 0 Å². The summed E-state index contributed by atoms with van der Waals surface area (Å²) in [6.07, 6.45) is 0. The average Bonchev–Trinajstić information content (AvgIpc) is 2.17. The number of hydrogen-bond acceptors (Lipinski definition) is 3. The molecule has 0 radical (unpaired) electrons. The lowest BCUT2D eigenvalue weighted by Gasteiger charge is -2.20. The van der Waals surface area contributed by atoms with Gasteiger partial charge in [0.2, 0.25) is 11.5 Å². The smallest absolute Gasteiger partial charge is 0.347 e. The molecule has 0 saturated heterocycles. The lowest BCUT2D eigenvalue weighted by Crippen LogP contribution is -2.38. The maximum Gasteiger partial charge on any atom is 0.347 e. The molecule has 5 heteroatoms. The molecule has 1 rings (SSSR count). The molecule has 1 aromatic heterocycles. The summed E-state index contributed by atoms with van der Waals surface area (Å²) in [4.78, 5) is 14.8. The van der Waals surface area contributed by atoms with Crippen LogP contribution < -0.4 is 4.74 Å². The number of nitrogens with zero attached hydrogens (tertiary/aromatic N) is 1. The van der Waals surface area contributed by atoms with E-state index in [1.807, 2.05) is 0 Å². The Bertz CT molecular complexity index is 365. The quantitative estimate of drug-likeness (QED) is 0.803. The zero-order chi connectivity index (χ0) is 11.5. The molecular weight excluding hydrogens is 218 g/mol. The van der Waals surface area contributed by atoms with E-state index in [-0.39, 0.29) is 11.8 Å². The van der Waals surface area contributed by atoms with E-state index in [1.165, 1.54) is 13.8 Å². The van der Waals surface area contributed by atoms with Gasteiger partial charge < -0.3 is 9.84 Å². The second kappa shape index (κ2) is 4.49. The molecule has 0 aliphatic heterocycles. The predicted octanol–water partition coefficient (Wildman–Crippen LogP) is 2.06. The van der Waals surface area contributed by atoms with Crippen molar-refractivity contribution in [1.82, 2.24) is 4.98 Å². The minimum Gasteiger partial charge on any atom is -0.478 e. The van der Waals surface area contributed by atoms with Gasteiger partial charge >= 0.3 is 5.97 Å². The Hall–Kier alpha value is -1.29. The fourth-order valence-corrected chi connectivity index (χ4v) is 1.04. The molecule has 0 bridgehead atoms. The molecule has 0 spiro atoms. The molecule has 0 amide bonds. The first-order valence-electron chi connectivity index (χ1n) is 4.40. The Labute approximate surface area is 92.8 Å². The first-order valence-corrected chi connectivity index (χ1v) is 4.93. The number of alkyl halides is 1. The highest BCUT2D eigenvalue weighted by atomic mass is 35.5. The van der Waals surface area contributed by atoms with Crippen molar-refractivity contribution in [3.05, 3.63) is 23.9 Å². The Morgan fingerprint density at radius 2 is 2.27 bits per heavy atom. The van der Waals surface area contributed by atoms with Crippen LogP contribution in [-0.2, 0) is 10.7 Å². The van der Waals surface area contributed by atoms with Gasteiger partial charge in [0.25, 0.3) is 0 Å². The van der Waals surface area contributed by atoms with Crippen molar-refractivity contribution >= 4 is 17.6 Å². The van der Waals surface area contributed by atoms with Gasteiger partial charge in [-0.15, -0.1) is 11.6 Å². The predicted molar refractivity (Wildman–Crippen MR) is 56.1 cm³/mol. The molecule has 1 heterocycles. The Morgan fingerprint density at radius 1 is 1.60 bits per heavy atom. The zero-order valence-electron chi connectivity index (χ0n) is 8.53. The summed E-state index contributed by atoms with van der Waals surface area (Å²) in [5.41, 5.74) is -0.645. The van der Waals surface area contributed by atoms with Crippen LogP contribution in [0.5, 0.6) is 5.88 Å². The third kappa shape index (κ3) is 3.09. The summed E-state index contributed by atoms with van der Waals surface area (Å²) in [6, 6.07) is 5.06. The van der Waals surface area contributed by atoms with E-state index >= 15 is 0 Å². The van der Waals surface area contributed by atoms with Crippen molar-refractivity contribution in [3.8, 4) is 5.88 Å². The van der Waals surface area contributed by atoms with Crippen LogP contribution in [0, 0.1) is 0 Å². The first kappa shape index (κ1) is 11.8. The number of halogens is 1. The van der Waals surface area contributed by atoms with Crippen molar-refractivity contribution < 1.29 is 14.6 Å². The fraction of sp³-hybridized carbons (Fsp3) is 0.400. The van der Waals surface area contributed by atoms with Gasteiger partial charge in [-0.1, -0.05) is 6.07 Å². The van der Waals surface area contributed by atoms with Gasteiger partial charge in [0.05, 0.1) is 11.6 Å². The number of carboxylic acids is 1. The van der Waals surface area contributed by atoms with Crippen LogP contribution in [0.3, 0.4) is 0 Å². The molecule has 0 aliphatic carbocycles. The molecule has 0 fully saturated rings. The number of pyridine rings is 1. The highest BCUT2D eigenvalue weighted by Crippen LogP contribution is 2.16. The number of hydrogen-bond donors (Lipinski definition) is 1. The van der Waals surface area contributed by atoms with E-state index in [9.17, 15) is 4.79 Å². The van der Waals surface area contributed by atoms with E-state index < -0.39 is 11.6 Å². The lowest BCUT2D eigenvalue weighted by atomic mass is 10.1. The number of rotatable bonds is 4. The van der Waals surface area contributed by atoms with Crippen LogP contribution >= 0.6 is 11.6 Å². The molecule has 0 aromatic carbocycles. The van der Waals surface area contributed by atoms with Gasteiger partial charge in [-0.25, -0.2) is 9.78 Å². The molecular formula is C10H12ClNO3. The summed E-state index contributed by atoms with van der Waals surface area (Å²) in [5, 5.41) is 8.85. The highest BCUT2D eigenvalue weighted by molar-refractivity contribution is 6.16. The van der Waals surface area contributed by atoms with E-state index in [0.29, 0.717) is 5.69 Å². The van der Waals surface area contributed by atoms with Gasteiger partial charge in [0.15, 0.2) is 0 Å². The molecule has 0 saturated carbocycles. The normalized spacial score (nSPS) is 11.1. The van der Waals surface area contributed by atoms with Crippen LogP contribution in [0.25, 0.3) is 0 Å². The van der Waals surface area contributed by atoms with Crippen molar-refractivity contribution in [2.24, 2.45) is 0 Å². The number of carboxylic acid groups (broad SMARTS) is 1. The molecule has 15 heavy (non-hydrogen) atoms. The molecule has 0 unspecified atom stereocenters. The summed E-state index contributed by atoms with van der Waals surface area (Å²) < 4.78 is 5.24. The Balaban J connectivity index is 2.85. The van der Waals surface area contributed by atoms with Crippen LogP contribution in [-0.4, -0.2) is 21.7 Å². The maximum atomic E-state index is 10.8. The summed E-state index contributed by atoms with van der Waals surface area (Å²) in [5.74, 6) is -0.508. The third-order valence-corrected chi connectivity index (χ3v) is 2.07. The first-order chi connectivity index (χ1) is 6.95. The van der Waals surface area contributed by atoms with Gasteiger partial charge in [0.1, 0.15) is 0 Å². The van der Waals surface area contributed by atoms with Crippen LogP contribution in [0.1, 0.15) is 19.5 Å². The molecule has 4 nitrogen and oxygen atoms in total. The highest BCUT2D eigenvalue weighted by Gasteiger charge is 2.29. The largest absolute Gasteiger partial charge is 0.478 e. The second-order valence-electron chi connectivity index (χ2n) is 3.52. The van der Waals surface area contributed by atoms with E-state index in [2.05, 4.69) is 4.98 Å². The van der Waals surface area contributed by atoms with Crippen molar-refractivity contribution in [2.45, 2.75) is 25.3 Å².